The zero-order chi connectivity index (χ0) is 13.3. The van der Waals surface area contributed by atoms with Crippen molar-refractivity contribution in [1.29, 1.82) is 0 Å². The molecule has 0 unspecified atom stereocenters. The lowest BCUT2D eigenvalue weighted by molar-refractivity contribution is -0.138. The standard InChI is InChI=1S/C12H14F4O/c1-11(2,7-17)6-8-3-4-9(13)5-10(8)12(14,15)16/h3-5,17H,6-7H2,1-2H3. The first-order chi connectivity index (χ1) is 7.65. The van der Waals surface area contributed by atoms with Crippen molar-refractivity contribution in [3.05, 3.63) is 35.1 Å². The van der Waals surface area contributed by atoms with E-state index in [1.54, 1.807) is 13.8 Å². The van der Waals surface area contributed by atoms with E-state index in [1.165, 1.54) is 0 Å². The molecule has 17 heavy (non-hydrogen) atoms. The molecule has 0 atom stereocenters. The van der Waals surface area contributed by atoms with Gasteiger partial charge in [0.1, 0.15) is 5.82 Å². The van der Waals surface area contributed by atoms with E-state index < -0.39 is 23.0 Å². The summed E-state index contributed by atoms with van der Waals surface area (Å²) in [6, 6.07) is 2.61. The van der Waals surface area contributed by atoms with Crippen LogP contribution < -0.4 is 0 Å². The number of rotatable bonds is 3. The first-order valence-corrected chi connectivity index (χ1v) is 5.12. The van der Waals surface area contributed by atoms with Crippen molar-refractivity contribution in [2.75, 3.05) is 6.61 Å². The molecular weight excluding hydrogens is 236 g/mol. The molecular formula is C12H14F4O. The van der Waals surface area contributed by atoms with Gasteiger partial charge < -0.3 is 5.11 Å². The normalized spacial score (nSPS) is 12.9. The summed E-state index contributed by atoms with van der Waals surface area (Å²) >= 11 is 0. The number of halogens is 4. The van der Waals surface area contributed by atoms with Crippen LogP contribution in [0.5, 0.6) is 0 Å². The fourth-order valence-corrected chi connectivity index (χ4v) is 1.54. The van der Waals surface area contributed by atoms with Crippen LogP contribution in [0.25, 0.3) is 0 Å². The number of benzene rings is 1. The topological polar surface area (TPSA) is 20.2 Å². The third-order valence-electron chi connectivity index (χ3n) is 2.47. The molecule has 0 amide bonds. The smallest absolute Gasteiger partial charge is 0.396 e. The second-order valence-electron chi connectivity index (χ2n) is 4.80. The molecule has 5 heteroatoms. The first-order valence-electron chi connectivity index (χ1n) is 5.12. The van der Waals surface area contributed by atoms with Crippen LogP contribution in [0.1, 0.15) is 25.0 Å². The predicted molar refractivity (Wildman–Crippen MR) is 56.0 cm³/mol. The van der Waals surface area contributed by atoms with Crippen molar-refractivity contribution in [3.63, 3.8) is 0 Å². The van der Waals surface area contributed by atoms with Crippen LogP contribution in [-0.4, -0.2) is 11.7 Å². The molecule has 1 N–H and O–H groups in total. The Hall–Kier alpha value is -1.10. The van der Waals surface area contributed by atoms with Gasteiger partial charge in [0, 0.05) is 6.61 Å². The molecule has 0 radical (unpaired) electrons. The Morgan fingerprint density at radius 2 is 1.76 bits per heavy atom. The van der Waals surface area contributed by atoms with Crippen molar-refractivity contribution >= 4 is 0 Å². The summed E-state index contributed by atoms with van der Waals surface area (Å²) in [4.78, 5) is 0. The highest BCUT2D eigenvalue weighted by molar-refractivity contribution is 5.31. The molecule has 0 aliphatic heterocycles. The van der Waals surface area contributed by atoms with E-state index in [9.17, 15) is 17.6 Å². The highest BCUT2D eigenvalue weighted by Gasteiger charge is 2.35. The lowest BCUT2D eigenvalue weighted by Gasteiger charge is -2.23. The Labute approximate surface area is 97.1 Å². The zero-order valence-electron chi connectivity index (χ0n) is 9.61. The SMILES string of the molecule is CC(C)(CO)Cc1ccc(F)cc1C(F)(F)F. The maximum atomic E-state index is 12.8. The molecule has 1 aromatic carbocycles. The minimum Gasteiger partial charge on any atom is -0.396 e. The number of hydrogen-bond acceptors (Lipinski definition) is 1. The quantitative estimate of drug-likeness (QED) is 0.815. The number of hydrogen-bond donors (Lipinski definition) is 1. The van der Waals surface area contributed by atoms with Gasteiger partial charge in [0.25, 0.3) is 0 Å². The third kappa shape index (κ3) is 3.70. The van der Waals surface area contributed by atoms with E-state index in [4.69, 9.17) is 5.11 Å². The minimum absolute atomic E-state index is 0.00190. The van der Waals surface area contributed by atoms with Gasteiger partial charge in [-0.05, 0) is 29.5 Å². The van der Waals surface area contributed by atoms with Crippen molar-refractivity contribution < 1.29 is 22.7 Å². The molecule has 0 saturated heterocycles. The first kappa shape index (κ1) is 14.0. The second-order valence-corrected chi connectivity index (χ2v) is 4.80. The third-order valence-corrected chi connectivity index (χ3v) is 2.47. The Kier molecular flexibility index (Phi) is 3.81. The Morgan fingerprint density at radius 1 is 1.18 bits per heavy atom. The maximum absolute atomic E-state index is 12.8. The summed E-state index contributed by atoms with van der Waals surface area (Å²) in [7, 11) is 0. The molecule has 0 saturated carbocycles. The molecule has 0 heterocycles. The summed E-state index contributed by atoms with van der Waals surface area (Å²) in [5, 5.41) is 9.05. The largest absolute Gasteiger partial charge is 0.416 e. The van der Waals surface area contributed by atoms with Crippen molar-refractivity contribution in [2.45, 2.75) is 26.4 Å². The highest BCUT2D eigenvalue weighted by Crippen LogP contribution is 2.35. The summed E-state index contributed by atoms with van der Waals surface area (Å²) in [6.07, 6.45) is -4.54. The van der Waals surface area contributed by atoms with Gasteiger partial charge >= 0.3 is 6.18 Å². The van der Waals surface area contributed by atoms with Crippen molar-refractivity contribution in [3.8, 4) is 0 Å². The van der Waals surface area contributed by atoms with Crippen molar-refractivity contribution in [2.24, 2.45) is 5.41 Å². The lowest BCUT2D eigenvalue weighted by Crippen LogP contribution is -2.22. The van der Waals surface area contributed by atoms with Gasteiger partial charge in [-0.1, -0.05) is 19.9 Å². The molecule has 0 fully saturated rings. The Balaban J connectivity index is 3.16. The van der Waals surface area contributed by atoms with Gasteiger partial charge in [-0.3, -0.25) is 0 Å². The van der Waals surface area contributed by atoms with Crippen LogP contribution in [0.15, 0.2) is 18.2 Å². The summed E-state index contributed by atoms with van der Waals surface area (Å²) in [5.41, 5.74) is -1.64. The van der Waals surface area contributed by atoms with Crippen LogP contribution in [-0.2, 0) is 12.6 Å². The predicted octanol–water partition coefficient (Wildman–Crippen LogP) is 3.41. The fourth-order valence-electron chi connectivity index (χ4n) is 1.54. The second kappa shape index (κ2) is 4.64. The molecule has 1 rings (SSSR count). The van der Waals surface area contributed by atoms with Crippen molar-refractivity contribution in [1.82, 2.24) is 0 Å². The molecule has 1 aromatic rings. The maximum Gasteiger partial charge on any atom is 0.416 e. The van der Waals surface area contributed by atoms with Gasteiger partial charge in [-0.25, -0.2) is 4.39 Å². The lowest BCUT2D eigenvalue weighted by atomic mass is 9.85. The molecule has 1 nitrogen and oxygen atoms in total. The monoisotopic (exact) mass is 250 g/mol. The van der Waals surface area contributed by atoms with Crippen LogP contribution in [0, 0.1) is 11.2 Å². The average Bonchev–Trinajstić information content (AvgIpc) is 2.19. The summed E-state index contributed by atoms with van der Waals surface area (Å²) < 4.78 is 50.9. The molecule has 0 bridgehead atoms. The number of aliphatic hydroxyl groups is 1. The van der Waals surface area contributed by atoms with E-state index in [0.717, 1.165) is 12.1 Å². The van der Waals surface area contributed by atoms with E-state index in [1.807, 2.05) is 0 Å². The van der Waals surface area contributed by atoms with E-state index in [-0.39, 0.29) is 18.6 Å². The highest BCUT2D eigenvalue weighted by atomic mass is 19.4. The van der Waals surface area contributed by atoms with Crippen LogP contribution >= 0.6 is 0 Å². The minimum atomic E-state index is -4.58. The number of aliphatic hydroxyl groups excluding tert-OH is 1. The zero-order valence-corrected chi connectivity index (χ0v) is 9.61. The average molecular weight is 250 g/mol. The van der Waals surface area contributed by atoms with Gasteiger partial charge in [0.05, 0.1) is 5.56 Å². The van der Waals surface area contributed by atoms with E-state index in [0.29, 0.717) is 6.07 Å². The van der Waals surface area contributed by atoms with E-state index in [2.05, 4.69) is 0 Å². The fraction of sp³-hybridized carbons (Fsp3) is 0.500. The number of alkyl halides is 3. The molecule has 0 aliphatic rings. The summed E-state index contributed by atoms with van der Waals surface area (Å²) in [6.45, 7) is 3.06. The van der Waals surface area contributed by atoms with Crippen LogP contribution in [0.2, 0.25) is 0 Å². The van der Waals surface area contributed by atoms with Gasteiger partial charge in [-0.15, -0.1) is 0 Å². The van der Waals surface area contributed by atoms with E-state index >= 15 is 0 Å². The van der Waals surface area contributed by atoms with Gasteiger partial charge in [0.2, 0.25) is 0 Å². The summed E-state index contributed by atoms with van der Waals surface area (Å²) in [5.74, 6) is -0.914. The van der Waals surface area contributed by atoms with Gasteiger partial charge in [0.15, 0.2) is 0 Å². The molecule has 0 aromatic heterocycles. The molecule has 0 aliphatic carbocycles. The Morgan fingerprint density at radius 3 is 2.24 bits per heavy atom. The Bertz CT molecular complexity index is 396. The molecule has 96 valence electrons. The van der Waals surface area contributed by atoms with Crippen LogP contribution in [0.3, 0.4) is 0 Å². The van der Waals surface area contributed by atoms with Crippen LogP contribution in [0.4, 0.5) is 17.6 Å². The van der Waals surface area contributed by atoms with Gasteiger partial charge in [-0.2, -0.15) is 13.2 Å². The molecule has 0 spiro atoms.